The van der Waals surface area contributed by atoms with Crippen LogP contribution in [0.25, 0.3) is 0 Å². The topological polar surface area (TPSA) is 90.8 Å². The van der Waals surface area contributed by atoms with Crippen LogP contribution in [0.2, 0.25) is 0 Å². The molecule has 2 amide bonds. The molecule has 1 aromatic carbocycles. The number of amides is 2. The van der Waals surface area contributed by atoms with Gasteiger partial charge in [0, 0.05) is 25.8 Å². The second-order valence-electron chi connectivity index (χ2n) is 7.13. The third kappa shape index (κ3) is 5.62. The molecule has 0 fully saturated rings. The van der Waals surface area contributed by atoms with E-state index < -0.39 is 23.2 Å². The van der Waals surface area contributed by atoms with E-state index in [1.165, 1.54) is 19.2 Å². The van der Waals surface area contributed by atoms with Crippen LogP contribution >= 0.6 is 0 Å². The van der Waals surface area contributed by atoms with Crippen molar-refractivity contribution in [2.75, 3.05) is 20.2 Å². The lowest BCUT2D eigenvalue weighted by Crippen LogP contribution is -2.55. The highest BCUT2D eigenvalue weighted by atomic mass is 19.1. The van der Waals surface area contributed by atoms with E-state index >= 15 is 0 Å². The van der Waals surface area contributed by atoms with E-state index in [1.54, 1.807) is 13.0 Å². The highest BCUT2D eigenvalue weighted by molar-refractivity contribution is 6.46. The maximum atomic E-state index is 13.8. The Labute approximate surface area is 153 Å². The Morgan fingerprint density at radius 3 is 2.50 bits per heavy atom. The van der Waals surface area contributed by atoms with Crippen molar-refractivity contribution in [3.8, 4) is 0 Å². The number of carbonyl (C=O) groups excluding carboxylic acids is 2. The molecule has 0 aliphatic heterocycles. The number of aliphatic hydroxyl groups excluding tert-OH is 1. The molecular formula is C19H28FN3O3. The lowest BCUT2D eigenvalue weighted by molar-refractivity contribution is -0.129. The molecule has 1 unspecified atom stereocenters. The van der Waals surface area contributed by atoms with Crippen molar-refractivity contribution in [3.63, 3.8) is 0 Å². The molecule has 0 aliphatic rings. The van der Waals surface area contributed by atoms with Crippen molar-refractivity contribution in [3.05, 3.63) is 35.1 Å². The first-order valence-corrected chi connectivity index (χ1v) is 8.55. The summed E-state index contributed by atoms with van der Waals surface area (Å²) in [6.45, 7) is 7.36. The SMILES string of the molecule is CN=C(C(=O)NC(C(=O)NCCCO)C(C)(C)C)c1cccc(F)c1C. The number of hydrogen-bond donors (Lipinski definition) is 3. The first-order valence-electron chi connectivity index (χ1n) is 8.55. The van der Waals surface area contributed by atoms with Crippen LogP contribution in [0.3, 0.4) is 0 Å². The van der Waals surface area contributed by atoms with Crippen molar-refractivity contribution in [1.82, 2.24) is 10.6 Å². The molecule has 0 aliphatic carbocycles. The third-order valence-electron chi connectivity index (χ3n) is 4.00. The quantitative estimate of drug-likeness (QED) is 0.506. The molecule has 1 aromatic rings. The molecule has 0 heterocycles. The molecule has 0 saturated heterocycles. The van der Waals surface area contributed by atoms with Gasteiger partial charge in [-0.15, -0.1) is 0 Å². The van der Waals surface area contributed by atoms with Crippen LogP contribution in [0.15, 0.2) is 23.2 Å². The fourth-order valence-corrected chi connectivity index (χ4v) is 2.48. The van der Waals surface area contributed by atoms with Crippen LogP contribution in [0.1, 0.15) is 38.3 Å². The Hall–Kier alpha value is -2.28. The molecule has 0 spiro atoms. The molecule has 26 heavy (non-hydrogen) atoms. The zero-order chi connectivity index (χ0) is 19.9. The summed E-state index contributed by atoms with van der Waals surface area (Å²) in [5.74, 6) is -1.31. The minimum absolute atomic E-state index is 0.0295. The van der Waals surface area contributed by atoms with Gasteiger partial charge in [0.1, 0.15) is 17.6 Å². The Balaban J connectivity index is 3.04. The smallest absolute Gasteiger partial charge is 0.270 e. The second-order valence-corrected chi connectivity index (χ2v) is 7.13. The normalized spacial score (nSPS) is 13.3. The maximum absolute atomic E-state index is 13.8. The zero-order valence-corrected chi connectivity index (χ0v) is 16.0. The minimum atomic E-state index is -0.806. The van der Waals surface area contributed by atoms with Gasteiger partial charge in [0.15, 0.2) is 0 Å². The highest BCUT2D eigenvalue weighted by Crippen LogP contribution is 2.20. The molecule has 0 radical (unpaired) electrons. The average Bonchev–Trinajstić information content (AvgIpc) is 2.56. The summed E-state index contributed by atoms with van der Waals surface area (Å²) < 4.78 is 13.8. The summed E-state index contributed by atoms with van der Waals surface area (Å²) >= 11 is 0. The number of aliphatic hydroxyl groups is 1. The van der Waals surface area contributed by atoms with E-state index in [1.807, 2.05) is 20.8 Å². The molecule has 3 N–H and O–H groups in total. The lowest BCUT2D eigenvalue weighted by Gasteiger charge is -2.30. The fraction of sp³-hybridized carbons (Fsp3) is 0.526. The summed E-state index contributed by atoms with van der Waals surface area (Å²) in [6, 6.07) is 3.64. The largest absolute Gasteiger partial charge is 0.396 e. The van der Waals surface area contributed by atoms with Crippen LogP contribution < -0.4 is 10.6 Å². The maximum Gasteiger partial charge on any atom is 0.270 e. The van der Waals surface area contributed by atoms with Gasteiger partial charge in [0.25, 0.3) is 5.91 Å². The number of halogens is 1. The first-order chi connectivity index (χ1) is 12.1. The Kier molecular flexibility index (Phi) is 7.89. The number of hydrogen-bond acceptors (Lipinski definition) is 4. The van der Waals surface area contributed by atoms with Crippen molar-refractivity contribution in [2.24, 2.45) is 10.4 Å². The molecule has 6 nitrogen and oxygen atoms in total. The van der Waals surface area contributed by atoms with Crippen LogP contribution in [0.5, 0.6) is 0 Å². The number of aliphatic imine (C=N–C) groups is 1. The van der Waals surface area contributed by atoms with E-state index in [2.05, 4.69) is 15.6 Å². The average molecular weight is 365 g/mol. The third-order valence-corrected chi connectivity index (χ3v) is 4.00. The number of rotatable bonds is 7. The predicted molar refractivity (Wildman–Crippen MR) is 99.7 cm³/mol. The Morgan fingerprint density at radius 1 is 1.31 bits per heavy atom. The molecular weight excluding hydrogens is 337 g/mol. The van der Waals surface area contributed by atoms with Crippen molar-refractivity contribution in [1.29, 1.82) is 0 Å². The van der Waals surface area contributed by atoms with Gasteiger partial charge in [-0.1, -0.05) is 32.9 Å². The van der Waals surface area contributed by atoms with Gasteiger partial charge in [-0.3, -0.25) is 14.6 Å². The lowest BCUT2D eigenvalue weighted by atomic mass is 9.85. The summed E-state index contributed by atoms with van der Waals surface area (Å²) in [5.41, 5.74) is 0.232. The molecule has 144 valence electrons. The summed E-state index contributed by atoms with van der Waals surface area (Å²) in [4.78, 5) is 29.2. The van der Waals surface area contributed by atoms with Gasteiger partial charge in [-0.05, 0) is 30.4 Å². The van der Waals surface area contributed by atoms with Crippen LogP contribution in [0.4, 0.5) is 4.39 Å². The van der Waals surface area contributed by atoms with Gasteiger partial charge < -0.3 is 15.7 Å². The molecule has 0 aromatic heterocycles. The van der Waals surface area contributed by atoms with Crippen molar-refractivity contribution >= 4 is 17.5 Å². The fourth-order valence-electron chi connectivity index (χ4n) is 2.48. The monoisotopic (exact) mass is 365 g/mol. The first kappa shape index (κ1) is 21.8. The molecule has 1 atom stereocenters. The van der Waals surface area contributed by atoms with Crippen molar-refractivity contribution in [2.45, 2.75) is 40.2 Å². The number of nitrogens with one attached hydrogen (secondary N) is 2. The summed E-state index contributed by atoms with van der Waals surface area (Å²) in [5, 5.41) is 14.2. The van der Waals surface area contributed by atoms with E-state index in [4.69, 9.17) is 5.11 Å². The van der Waals surface area contributed by atoms with Gasteiger partial charge in [-0.2, -0.15) is 0 Å². The van der Waals surface area contributed by atoms with Crippen LogP contribution in [-0.2, 0) is 9.59 Å². The Morgan fingerprint density at radius 2 is 1.96 bits per heavy atom. The van der Waals surface area contributed by atoms with Gasteiger partial charge in [0.05, 0.1) is 0 Å². The second kappa shape index (κ2) is 9.43. The molecule has 0 saturated carbocycles. The zero-order valence-electron chi connectivity index (χ0n) is 16.0. The number of carbonyl (C=O) groups is 2. The Bertz CT molecular complexity index is 681. The van der Waals surface area contributed by atoms with Gasteiger partial charge in [-0.25, -0.2) is 4.39 Å². The number of nitrogens with zero attached hydrogens (tertiary/aromatic N) is 1. The van der Waals surface area contributed by atoms with Gasteiger partial charge in [0.2, 0.25) is 5.91 Å². The van der Waals surface area contributed by atoms with E-state index in [0.29, 0.717) is 24.1 Å². The molecule has 7 heteroatoms. The van der Waals surface area contributed by atoms with Crippen molar-refractivity contribution < 1.29 is 19.1 Å². The van der Waals surface area contributed by atoms with E-state index in [-0.39, 0.29) is 18.2 Å². The standard InChI is InChI=1S/C19H28FN3O3/c1-12-13(8-6-9-14(12)20)15(21-5)17(25)23-16(19(2,3)4)18(26)22-10-7-11-24/h6,8-9,16,24H,7,10-11H2,1-5H3,(H,22,26)(H,23,25). The minimum Gasteiger partial charge on any atom is -0.396 e. The van der Waals surface area contributed by atoms with Gasteiger partial charge >= 0.3 is 0 Å². The molecule has 0 bridgehead atoms. The highest BCUT2D eigenvalue weighted by Gasteiger charge is 2.33. The van der Waals surface area contributed by atoms with Crippen LogP contribution in [0, 0.1) is 18.2 Å². The van der Waals surface area contributed by atoms with Crippen LogP contribution in [-0.4, -0.2) is 48.9 Å². The summed E-state index contributed by atoms with van der Waals surface area (Å²) in [7, 11) is 1.45. The van der Waals surface area contributed by atoms with E-state index in [0.717, 1.165) is 0 Å². The van der Waals surface area contributed by atoms with E-state index in [9.17, 15) is 14.0 Å². The molecule has 1 rings (SSSR count). The predicted octanol–water partition coefficient (Wildman–Crippen LogP) is 1.58. The summed E-state index contributed by atoms with van der Waals surface area (Å²) in [6.07, 6.45) is 0.431. The number of benzene rings is 1.